The number of hydrogen-bond donors (Lipinski definition) is 0. The van der Waals surface area contributed by atoms with Gasteiger partial charge in [-0.2, -0.15) is 0 Å². The maximum Gasteiger partial charge on any atom is 0.306 e. The number of rotatable bonds is 6. The lowest BCUT2D eigenvalue weighted by atomic mass is 9.90. The molecule has 0 radical (unpaired) electrons. The maximum absolute atomic E-state index is 11.4. The number of ether oxygens (including phenoxy) is 2. The Morgan fingerprint density at radius 3 is 2.44 bits per heavy atom. The normalized spacial score (nSPS) is 11.1. The first-order valence-corrected chi connectivity index (χ1v) is 6.76. The summed E-state index contributed by atoms with van der Waals surface area (Å²) in [5.41, 5.74) is -0.237. The SMILES string of the molecule is CCOC(=O)CC(C)(C)COc1ccc(Br)cc1. The second-order valence-corrected chi connectivity index (χ2v) is 5.80. The molecule has 3 nitrogen and oxygen atoms in total. The Morgan fingerprint density at radius 1 is 1.28 bits per heavy atom. The first-order chi connectivity index (χ1) is 8.43. The van der Waals surface area contributed by atoms with Crippen LogP contribution in [0.1, 0.15) is 27.2 Å². The van der Waals surface area contributed by atoms with Gasteiger partial charge in [0.05, 0.1) is 19.6 Å². The van der Waals surface area contributed by atoms with Gasteiger partial charge in [-0.1, -0.05) is 29.8 Å². The molecular weight excluding hydrogens is 296 g/mol. The van der Waals surface area contributed by atoms with E-state index in [2.05, 4.69) is 15.9 Å². The summed E-state index contributed by atoms with van der Waals surface area (Å²) in [6.07, 6.45) is 0.359. The van der Waals surface area contributed by atoms with Gasteiger partial charge in [-0.3, -0.25) is 4.79 Å². The third kappa shape index (κ3) is 5.54. The van der Waals surface area contributed by atoms with E-state index in [-0.39, 0.29) is 11.4 Å². The molecule has 0 heterocycles. The lowest BCUT2D eigenvalue weighted by molar-refractivity contribution is -0.145. The molecule has 0 aliphatic carbocycles. The van der Waals surface area contributed by atoms with Crippen LogP contribution in [0, 0.1) is 5.41 Å². The molecule has 1 aromatic rings. The average Bonchev–Trinajstić information content (AvgIpc) is 2.28. The van der Waals surface area contributed by atoms with E-state index in [4.69, 9.17) is 9.47 Å². The molecule has 0 amide bonds. The fourth-order valence-electron chi connectivity index (χ4n) is 1.46. The minimum absolute atomic E-state index is 0.179. The lowest BCUT2D eigenvalue weighted by Gasteiger charge is -2.23. The van der Waals surface area contributed by atoms with Gasteiger partial charge >= 0.3 is 5.97 Å². The van der Waals surface area contributed by atoms with E-state index in [0.717, 1.165) is 10.2 Å². The van der Waals surface area contributed by atoms with Gasteiger partial charge in [-0.15, -0.1) is 0 Å². The highest BCUT2D eigenvalue weighted by atomic mass is 79.9. The maximum atomic E-state index is 11.4. The van der Waals surface area contributed by atoms with Crippen molar-refractivity contribution in [3.05, 3.63) is 28.7 Å². The van der Waals surface area contributed by atoms with Gasteiger partial charge in [0.15, 0.2) is 0 Å². The summed E-state index contributed by atoms with van der Waals surface area (Å²) >= 11 is 3.37. The van der Waals surface area contributed by atoms with Gasteiger partial charge < -0.3 is 9.47 Å². The molecule has 0 N–H and O–H groups in total. The molecule has 0 fully saturated rings. The summed E-state index contributed by atoms with van der Waals surface area (Å²) < 4.78 is 11.6. The van der Waals surface area contributed by atoms with Gasteiger partial charge in [0.25, 0.3) is 0 Å². The van der Waals surface area contributed by atoms with E-state index in [1.807, 2.05) is 45.0 Å². The Morgan fingerprint density at radius 2 is 1.89 bits per heavy atom. The Labute approximate surface area is 117 Å². The summed E-state index contributed by atoms with van der Waals surface area (Å²) in [5.74, 6) is 0.622. The van der Waals surface area contributed by atoms with Gasteiger partial charge in [0.1, 0.15) is 5.75 Å². The Balaban J connectivity index is 2.45. The summed E-state index contributed by atoms with van der Waals surface area (Å²) in [4.78, 5) is 11.4. The predicted molar refractivity (Wildman–Crippen MR) is 74.7 cm³/mol. The van der Waals surface area contributed by atoms with E-state index in [1.165, 1.54) is 0 Å². The summed E-state index contributed by atoms with van der Waals surface area (Å²) in [6.45, 7) is 6.69. The smallest absolute Gasteiger partial charge is 0.306 e. The average molecular weight is 315 g/mol. The molecule has 0 saturated heterocycles. The quantitative estimate of drug-likeness (QED) is 0.749. The highest BCUT2D eigenvalue weighted by Gasteiger charge is 2.23. The molecule has 0 aliphatic rings. The van der Waals surface area contributed by atoms with Crippen molar-refractivity contribution in [1.29, 1.82) is 0 Å². The third-order valence-electron chi connectivity index (χ3n) is 2.37. The molecule has 0 aliphatic heterocycles. The van der Waals surface area contributed by atoms with Gasteiger partial charge in [0, 0.05) is 9.89 Å². The second kappa shape index (κ2) is 6.78. The number of hydrogen-bond acceptors (Lipinski definition) is 3. The fourth-order valence-corrected chi connectivity index (χ4v) is 1.73. The molecular formula is C14H19BrO3. The van der Waals surface area contributed by atoms with Gasteiger partial charge in [0.2, 0.25) is 0 Å². The zero-order valence-corrected chi connectivity index (χ0v) is 12.6. The number of halogens is 1. The summed E-state index contributed by atoms with van der Waals surface area (Å²) in [6, 6.07) is 7.64. The standard InChI is InChI=1S/C14H19BrO3/c1-4-17-13(16)9-14(2,3)10-18-12-7-5-11(15)6-8-12/h5-8H,4,9-10H2,1-3H3. The fraction of sp³-hybridized carbons (Fsp3) is 0.500. The molecule has 0 atom stereocenters. The first-order valence-electron chi connectivity index (χ1n) is 5.97. The lowest BCUT2D eigenvalue weighted by Crippen LogP contribution is -2.26. The molecule has 0 aromatic heterocycles. The molecule has 0 unspecified atom stereocenters. The van der Waals surface area contributed by atoms with E-state index < -0.39 is 0 Å². The van der Waals surface area contributed by atoms with Crippen molar-refractivity contribution in [3.8, 4) is 5.75 Å². The van der Waals surface area contributed by atoms with Gasteiger partial charge in [-0.25, -0.2) is 0 Å². The molecule has 1 rings (SSSR count). The van der Waals surface area contributed by atoms with Crippen molar-refractivity contribution in [2.24, 2.45) is 5.41 Å². The van der Waals surface area contributed by atoms with Crippen molar-refractivity contribution >= 4 is 21.9 Å². The van der Waals surface area contributed by atoms with Crippen LogP contribution in [0.3, 0.4) is 0 Å². The van der Waals surface area contributed by atoms with Crippen molar-refractivity contribution in [2.45, 2.75) is 27.2 Å². The molecule has 0 saturated carbocycles. The third-order valence-corrected chi connectivity index (χ3v) is 2.90. The highest BCUT2D eigenvalue weighted by molar-refractivity contribution is 9.10. The van der Waals surface area contributed by atoms with Crippen molar-refractivity contribution in [2.75, 3.05) is 13.2 Å². The van der Waals surface area contributed by atoms with Crippen molar-refractivity contribution in [3.63, 3.8) is 0 Å². The van der Waals surface area contributed by atoms with E-state index >= 15 is 0 Å². The Kier molecular flexibility index (Phi) is 5.66. The molecule has 1 aromatic carbocycles. The van der Waals surface area contributed by atoms with Crippen LogP contribution in [-0.4, -0.2) is 19.2 Å². The zero-order valence-electron chi connectivity index (χ0n) is 11.0. The van der Waals surface area contributed by atoms with Crippen LogP contribution in [0.25, 0.3) is 0 Å². The molecule has 100 valence electrons. The van der Waals surface area contributed by atoms with Crippen LogP contribution in [0.4, 0.5) is 0 Å². The van der Waals surface area contributed by atoms with Crippen molar-refractivity contribution < 1.29 is 14.3 Å². The van der Waals surface area contributed by atoms with E-state index in [9.17, 15) is 4.79 Å². The summed E-state index contributed by atoms with van der Waals surface area (Å²) in [5, 5.41) is 0. The number of carbonyl (C=O) groups is 1. The van der Waals surface area contributed by atoms with Crippen LogP contribution in [0.5, 0.6) is 5.75 Å². The molecule has 0 spiro atoms. The molecule has 18 heavy (non-hydrogen) atoms. The highest BCUT2D eigenvalue weighted by Crippen LogP contribution is 2.24. The predicted octanol–water partition coefficient (Wildman–Crippen LogP) is 3.81. The second-order valence-electron chi connectivity index (χ2n) is 4.89. The number of carbonyl (C=O) groups excluding carboxylic acids is 1. The van der Waals surface area contributed by atoms with Crippen LogP contribution in [-0.2, 0) is 9.53 Å². The van der Waals surface area contributed by atoms with E-state index in [0.29, 0.717) is 19.6 Å². The van der Waals surface area contributed by atoms with Crippen LogP contribution < -0.4 is 4.74 Å². The topological polar surface area (TPSA) is 35.5 Å². The van der Waals surface area contributed by atoms with Crippen LogP contribution in [0.15, 0.2) is 28.7 Å². The monoisotopic (exact) mass is 314 g/mol. The summed E-state index contributed by atoms with van der Waals surface area (Å²) in [7, 11) is 0. The zero-order chi connectivity index (χ0) is 13.6. The van der Waals surface area contributed by atoms with Crippen LogP contribution >= 0.6 is 15.9 Å². The number of benzene rings is 1. The van der Waals surface area contributed by atoms with E-state index in [1.54, 1.807) is 0 Å². The van der Waals surface area contributed by atoms with Gasteiger partial charge in [-0.05, 0) is 31.2 Å². The molecule has 4 heteroatoms. The van der Waals surface area contributed by atoms with Crippen LogP contribution in [0.2, 0.25) is 0 Å². The first kappa shape index (κ1) is 15.0. The molecule has 0 bridgehead atoms. The minimum atomic E-state index is -0.237. The largest absolute Gasteiger partial charge is 0.493 e. The van der Waals surface area contributed by atoms with Crippen molar-refractivity contribution in [1.82, 2.24) is 0 Å². The number of esters is 1. The Bertz CT molecular complexity index is 385. The Hall–Kier alpha value is -1.03. The minimum Gasteiger partial charge on any atom is -0.493 e.